The van der Waals surface area contributed by atoms with Crippen LogP contribution in [0.2, 0.25) is 5.02 Å². The van der Waals surface area contributed by atoms with E-state index < -0.39 is 5.91 Å². The molecule has 0 aliphatic heterocycles. The lowest BCUT2D eigenvalue weighted by Crippen LogP contribution is -2.16. The highest BCUT2D eigenvalue weighted by Crippen LogP contribution is 2.36. The molecule has 156 valence electrons. The molecule has 1 N–H and O–H groups in total. The molecule has 0 spiro atoms. The minimum absolute atomic E-state index is 0.166. The van der Waals surface area contributed by atoms with Gasteiger partial charge in [-0.2, -0.15) is 5.10 Å². The van der Waals surface area contributed by atoms with Gasteiger partial charge in [-0.15, -0.1) is 0 Å². The van der Waals surface area contributed by atoms with E-state index in [0.29, 0.717) is 40.9 Å². The number of hydrogen-bond donors (Lipinski definition) is 1. The molecule has 3 aromatic rings. The summed E-state index contributed by atoms with van der Waals surface area (Å²) >= 11 is 11.9. The number of nitrogens with zero attached hydrogens (tertiary/aromatic N) is 1. The average molecular weight is 604 g/mol. The van der Waals surface area contributed by atoms with E-state index >= 15 is 0 Å². The SMILES string of the molecule is C=CCOc1c(Cl)cc(/C=N\NC(=O)c2cc3cc(Br)cc(I)c3o2)cc1OCC. The van der Waals surface area contributed by atoms with Crippen molar-refractivity contribution >= 4 is 73.2 Å². The molecule has 0 bridgehead atoms. The number of furan rings is 1. The van der Waals surface area contributed by atoms with E-state index in [2.05, 4.69) is 55.6 Å². The minimum Gasteiger partial charge on any atom is -0.490 e. The standard InChI is InChI=1S/C21H17BrClIN2O4/c1-3-5-29-20-15(23)6-12(7-17(20)28-4-2)11-25-26-21(27)18-9-13-8-14(22)10-16(24)19(13)30-18/h3,6-11H,1,4-5H2,2H3,(H,26,27)/b25-11-. The summed E-state index contributed by atoms with van der Waals surface area (Å²) in [6.07, 6.45) is 3.08. The van der Waals surface area contributed by atoms with Gasteiger partial charge >= 0.3 is 5.91 Å². The summed E-state index contributed by atoms with van der Waals surface area (Å²) in [7, 11) is 0. The van der Waals surface area contributed by atoms with Crippen LogP contribution in [0.3, 0.4) is 0 Å². The maximum absolute atomic E-state index is 12.4. The third-order valence-electron chi connectivity index (χ3n) is 3.82. The third-order valence-corrected chi connectivity index (χ3v) is 5.36. The highest BCUT2D eigenvalue weighted by molar-refractivity contribution is 14.1. The van der Waals surface area contributed by atoms with Crippen molar-refractivity contribution in [2.45, 2.75) is 6.92 Å². The zero-order valence-electron chi connectivity index (χ0n) is 15.9. The number of carbonyl (C=O) groups is 1. The lowest BCUT2D eigenvalue weighted by molar-refractivity contribution is 0.0929. The molecule has 9 heteroatoms. The zero-order chi connectivity index (χ0) is 21.7. The predicted octanol–water partition coefficient (Wildman–Crippen LogP) is 6.18. The van der Waals surface area contributed by atoms with Gasteiger partial charge in [0.2, 0.25) is 0 Å². The molecule has 0 aliphatic rings. The van der Waals surface area contributed by atoms with Crippen LogP contribution in [0.25, 0.3) is 11.0 Å². The van der Waals surface area contributed by atoms with Crippen LogP contribution < -0.4 is 14.9 Å². The number of rotatable bonds is 8. The monoisotopic (exact) mass is 602 g/mol. The van der Waals surface area contributed by atoms with E-state index in [1.54, 1.807) is 24.3 Å². The predicted molar refractivity (Wildman–Crippen MR) is 130 cm³/mol. The topological polar surface area (TPSA) is 73.1 Å². The number of fused-ring (bicyclic) bond motifs is 1. The van der Waals surface area contributed by atoms with E-state index in [0.717, 1.165) is 13.4 Å². The molecule has 30 heavy (non-hydrogen) atoms. The third kappa shape index (κ3) is 5.35. The van der Waals surface area contributed by atoms with Crippen molar-refractivity contribution in [1.82, 2.24) is 5.43 Å². The van der Waals surface area contributed by atoms with Crippen LogP contribution in [0, 0.1) is 3.57 Å². The number of ether oxygens (including phenoxy) is 2. The first-order chi connectivity index (χ1) is 14.4. The number of hydrazone groups is 1. The van der Waals surface area contributed by atoms with Crippen LogP contribution in [0.4, 0.5) is 0 Å². The summed E-state index contributed by atoms with van der Waals surface area (Å²) in [6.45, 7) is 6.23. The van der Waals surface area contributed by atoms with Gasteiger partial charge in [0, 0.05) is 9.86 Å². The normalized spacial score (nSPS) is 11.1. The Kier molecular flexibility index (Phi) is 7.79. The Morgan fingerprint density at radius 3 is 2.87 bits per heavy atom. The molecular weight excluding hydrogens is 587 g/mol. The van der Waals surface area contributed by atoms with Crippen molar-refractivity contribution < 1.29 is 18.7 Å². The largest absolute Gasteiger partial charge is 0.490 e. The van der Waals surface area contributed by atoms with Gasteiger partial charge in [0.05, 0.1) is 21.4 Å². The second kappa shape index (κ2) is 10.3. The summed E-state index contributed by atoms with van der Waals surface area (Å²) in [6, 6.07) is 8.86. The van der Waals surface area contributed by atoms with E-state index in [4.69, 9.17) is 25.5 Å². The molecule has 6 nitrogen and oxygen atoms in total. The molecular formula is C21H17BrClIN2O4. The number of hydrogen-bond acceptors (Lipinski definition) is 5. The Morgan fingerprint density at radius 1 is 1.33 bits per heavy atom. The van der Waals surface area contributed by atoms with E-state index in [-0.39, 0.29) is 5.76 Å². The van der Waals surface area contributed by atoms with Gasteiger partial charge < -0.3 is 13.9 Å². The lowest BCUT2D eigenvalue weighted by atomic mass is 10.2. The van der Waals surface area contributed by atoms with Crippen molar-refractivity contribution in [1.29, 1.82) is 0 Å². The maximum atomic E-state index is 12.4. The molecule has 0 radical (unpaired) electrons. The number of carbonyl (C=O) groups excluding carboxylic acids is 1. The molecule has 0 unspecified atom stereocenters. The van der Waals surface area contributed by atoms with Gasteiger partial charge in [0.25, 0.3) is 0 Å². The molecule has 1 aromatic heterocycles. The number of amides is 1. The molecule has 1 heterocycles. The first-order valence-corrected chi connectivity index (χ1v) is 11.1. The van der Waals surface area contributed by atoms with Crippen LogP contribution in [0.5, 0.6) is 11.5 Å². The molecule has 3 rings (SSSR count). The number of halogens is 3. The van der Waals surface area contributed by atoms with Crippen LogP contribution in [-0.2, 0) is 0 Å². The summed E-state index contributed by atoms with van der Waals surface area (Å²) < 4.78 is 18.6. The first-order valence-electron chi connectivity index (χ1n) is 8.85. The summed E-state index contributed by atoms with van der Waals surface area (Å²) in [5, 5.41) is 5.19. The summed E-state index contributed by atoms with van der Waals surface area (Å²) in [4.78, 5) is 12.4. The van der Waals surface area contributed by atoms with Gasteiger partial charge in [-0.3, -0.25) is 4.79 Å². The Bertz CT molecular complexity index is 1130. The first kappa shape index (κ1) is 22.6. The zero-order valence-corrected chi connectivity index (χ0v) is 20.4. The smallest absolute Gasteiger partial charge is 0.307 e. The fraction of sp³-hybridized carbons (Fsp3) is 0.143. The molecule has 1 amide bonds. The summed E-state index contributed by atoms with van der Waals surface area (Å²) in [5.74, 6) is 0.621. The average Bonchev–Trinajstić information content (AvgIpc) is 3.12. The maximum Gasteiger partial charge on any atom is 0.307 e. The van der Waals surface area contributed by atoms with Gasteiger partial charge in [-0.1, -0.05) is 40.2 Å². The van der Waals surface area contributed by atoms with E-state index in [1.165, 1.54) is 6.21 Å². The van der Waals surface area contributed by atoms with Crippen molar-refractivity contribution in [3.63, 3.8) is 0 Å². The molecule has 0 saturated heterocycles. The fourth-order valence-corrected chi connectivity index (χ4v) is 4.55. The molecule has 0 atom stereocenters. The Labute approximate surface area is 200 Å². The fourth-order valence-electron chi connectivity index (χ4n) is 2.62. The van der Waals surface area contributed by atoms with Gasteiger partial charge in [0.15, 0.2) is 17.3 Å². The number of nitrogens with one attached hydrogen (secondary N) is 1. The Morgan fingerprint density at radius 2 is 2.13 bits per heavy atom. The minimum atomic E-state index is -0.462. The van der Waals surface area contributed by atoms with Crippen molar-refractivity contribution in [3.05, 3.63) is 67.4 Å². The van der Waals surface area contributed by atoms with Gasteiger partial charge in [-0.05, 0) is 65.4 Å². The van der Waals surface area contributed by atoms with Crippen molar-refractivity contribution in [2.24, 2.45) is 5.10 Å². The lowest BCUT2D eigenvalue weighted by Gasteiger charge is -2.13. The van der Waals surface area contributed by atoms with Gasteiger partial charge in [-0.25, -0.2) is 5.43 Å². The second-order valence-electron chi connectivity index (χ2n) is 5.98. The second-order valence-corrected chi connectivity index (χ2v) is 8.46. The van der Waals surface area contributed by atoms with Crippen LogP contribution in [0.1, 0.15) is 23.0 Å². The highest BCUT2D eigenvalue weighted by Gasteiger charge is 2.15. The van der Waals surface area contributed by atoms with Crippen LogP contribution in [-0.4, -0.2) is 25.3 Å². The van der Waals surface area contributed by atoms with Crippen LogP contribution >= 0.6 is 50.1 Å². The van der Waals surface area contributed by atoms with Crippen LogP contribution in [0.15, 0.2) is 57.0 Å². The van der Waals surface area contributed by atoms with Gasteiger partial charge in [0.1, 0.15) is 12.2 Å². The van der Waals surface area contributed by atoms with Crippen molar-refractivity contribution in [3.8, 4) is 11.5 Å². The van der Waals surface area contributed by atoms with Crippen molar-refractivity contribution in [2.75, 3.05) is 13.2 Å². The quantitative estimate of drug-likeness (QED) is 0.145. The number of benzene rings is 2. The Balaban J connectivity index is 1.76. The molecule has 2 aromatic carbocycles. The Hall–Kier alpha value is -2.04. The highest BCUT2D eigenvalue weighted by atomic mass is 127. The molecule has 0 aliphatic carbocycles. The van der Waals surface area contributed by atoms with E-state index in [9.17, 15) is 4.79 Å². The summed E-state index contributed by atoms with van der Waals surface area (Å²) in [5.41, 5.74) is 3.74. The molecule has 0 saturated carbocycles. The molecule has 0 fully saturated rings. The van der Waals surface area contributed by atoms with E-state index in [1.807, 2.05) is 19.1 Å².